The van der Waals surface area contributed by atoms with E-state index in [9.17, 15) is 0 Å². The van der Waals surface area contributed by atoms with E-state index in [1.54, 1.807) is 0 Å². The van der Waals surface area contributed by atoms with E-state index in [0.29, 0.717) is 0 Å². The first-order valence-corrected chi connectivity index (χ1v) is 24.8. The van der Waals surface area contributed by atoms with Crippen LogP contribution in [0.4, 0.5) is 34.1 Å². The van der Waals surface area contributed by atoms with Crippen LogP contribution in [-0.4, -0.2) is 0 Å². The van der Waals surface area contributed by atoms with Crippen molar-refractivity contribution in [2.75, 3.05) is 9.80 Å². The molecule has 0 fully saturated rings. The van der Waals surface area contributed by atoms with Crippen molar-refractivity contribution < 1.29 is 8.83 Å². The Balaban J connectivity index is 1.16. The van der Waals surface area contributed by atoms with Crippen molar-refractivity contribution in [1.29, 1.82) is 0 Å². The molecule has 0 aliphatic rings. The van der Waals surface area contributed by atoms with Crippen molar-refractivity contribution in [3.8, 4) is 0 Å². The Morgan fingerprint density at radius 2 is 0.686 bits per heavy atom. The average Bonchev–Trinajstić information content (AvgIpc) is 3.88. The molecule has 12 aromatic rings. The van der Waals surface area contributed by atoms with Crippen LogP contribution in [0.3, 0.4) is 0 Å². The molecule has 0 aliphatic heterocycles. The van der Waals surface area contributed by atoms with Gasteiger partial charge in [0.2, 0.25) is 0 Å². The van der Waals surface area contributed by atoms with Gasteiger partial charge in [-0.2, -0.15) is 0 Å². The number of benzene rings is 10. The Labute approximate surface area is 411 Å². The second kappa shape index (κ2) is 15.5. The molecule has 0 saturated carbocycles. The Bertz CT molecular complexity index is 3800. The second-order valence-corrected chi connectivity index (χ2v) is 22.2. The number of hydrogen-bond acceptors (Lipinski definition) is 4. The second-order valence-electron chi connectivity index (χ2n) is 22.2. The van der Waals surface area contributed by atoms with Gasteiger partial charge in [-0.25, -0.2) is 0 Å². The quantitative estimate of drug-likeness (QED) is 0.156. The molecule has 4 nitrogen and oxygen atoms in total. The van der Waals surface area contributed by atoms with E-state index >= 15 is 0 Å². The summed E-state index contributed by atoms with van der Waals surface area (Å²) in [6, 6.07) is 54.6. The van der Waals surface area contributed by atoms with Gasteiger partial charge in [0, 0.05) is 54.8 Å². The lowest BCUT2D eigenvalue weighted by Gasteiger charge is -2.31. The van der Waals surface area contributed by atoms with Gasteiger partial charge in [0.25, 0.3) is 0 Å². The van der Waals surface area contributed by atoms with Gasteiger partial charge in [-0.15, -0.1) is 0 Å². The SMILES string of the molecule is Cc1cc(C)cc(N(c2ccc3ccc4c(N(c5cc(C)cc(C)c5)c5c(C)ccc6c5oc5c(C(C)(C)C)cccc56)ccc5ccc2c3c54)c2c(C)ccc3c2oc2c(C(C)(C)C)cccc23)c1. The summed E-state index contributed by atoms with van der Waals surface area (Å²) < 4.78 is 14.4. The summed E-state index contributed by atoms with van der Waals surface area (Å²) in [6.45, 7) is 26.8. The third-order valence-electron chi connectivity index (χ3n) is 14.8. The highest BCUT2D eigenvalue weighted by Crippen LogP contribution is 2.52. The zero-order valence-electron chi connectivity index (χ0n) is 42.6. The van der Waals surface area contributed by atoms with Gasteiger partial charge < -0.3 is 18.6 Å². The van der Waals surface area contributed by atoms with Crippen molar-refractivity contribution in [2.24, 2.45) is 0 Å². The van der Waals surface area contributed by atoms with Crippen LogP contribution in [0.2, 0.25) is 0 Å². The van der Waals surface area contributed by atoms with Gasteiger partial charge in [-0.05, 0) is 144 Å². The van der Waals surface area contributed by atoms with Gasteiger partial charge in [0.1, 0.15) is 11.2 Å². The molecule has 4 heteroatoms. The summed E-state index contributed by atoms with van der Waals surface area (Å²) in [7, 11) is 0. The molecule has 70 heavy (non-hydrogen) atoms. The standard InChI is InChI=1S/C66H60N2O2/c1-37-31-38(2)34-45(33-37)67(59-41(5)19-25-49-47-15-13-17-53(65(7,8)9)61(47)69-63(49)59)55-29-23-43-22-28-52-56(30-24-44-21-27-51(55)57(43)58(44)52)68(46-35-39(3)32-40(4)36-46)60-42(6)20-26-50-48-16-14-18-54(66(10,11)12)62(48)70-64(50)60/h13-36H,1-12H3. The van der Waals surface area contributed by atoms with Crippen LogP contribution < -0.4 is 9.80 Å². The van der Waals surface area contributed by atoms with Crippen LogP contribution in [0.15, 0.2) is 154 Å². The Kier molecular flexibility index (Phi) is 9.66. The van der Waals surface area contributed by atoms with Crippen molar-refractivity contribution in [3.63, 3.8) is 0 Å². The number of para-hydroxylation sites is 2. The van der Waals surface area contributed by atoms with Crippen molar-refractivity contribution >= 4 is 110 Å². The molecule has 10 aromatic carbocycles. The van der Waals surface area contributed by atoms with E-state index in [-0.39, 0.29) is 10.8 Å². The monoisotopic (exact) mass is 912 g/mol. The lowest BCUT2D eigenvalue weighted by molar-refractivity contribution is 0.572. The molecule has 0 aliphatic carbocycles. The highest BCUT2D eigenvalue weighted by Gasteiger charge is 2.30. The molecule has 0 saturated heterocycles. The molecule has 0 atom stereocenters. The predicted molar refractivity (Wildman–Crippen MR) is 300 cm³/mol. The largest absolute Gasteiger partial charge is 0.454 e. The van der Waals surface area contributed by atoms with Crippen LogP contribution in [0.25, 0.3) is 76.2 Å². The number of fused-ring (bicyclic) bond motifs is 6. The molecule has 2 heterocycles. The van der Waals surface area contributed by atoms with Crippen molar-refractivity contribution in [3.05, 3.63) is 190 Å². The molecule has 0 spiro atoms. The first-order chi connectivity index (χ1) is 33.4. The lowest BCUT2D eigenvalue weighted by atomic mass is 9.86. The third-order valence-corrected chi connectivity index (χ3v) is 14.8. The molecule has 0 unspecified atom stereocenters. The van der Waals surface area contributed by atoms with Crippen LogP contribution in [0, 0.1) is 41.5 Å². The molecular formula is C66H60N2O2. The van der Waals surface area contributed by atoms with E-state index in [2.05, 4.69) is 238 Å². The maximum Gasteiger partial charge on any atom is 0.159 e. The molecular weight excluding hydrogens is 853 g/mol. The number of aryl methyl sites for hydroxylation is 6. The van der Waals surface area contributed by atoms with E-state index < -0.39 is 0 Å². The fraction of sp³-hybridized carbons (Fsp3) is 0.212. The van der Waals surface area contributed by atoms with Gasteiger partial charge in [-0.1, -0.05) is 151 Å². The van der Waals surface area contributed by atoms with Crippen molar-refractivity contribution in [2.45, 2.75) is 93.9 Å². The first-order valence-electron chi connectivity index (χ1n) is 24.8. The molecule has 12 rings (SSSR count). The zero-order valence-corrected chi connectivity index (χ0v) is 42.6. The Hall–Kier alpha value is -7.56. The van der Waals surface area contributed by atoms with Crippen LogP contribution in [-0.2, 0) is 10.8 Å². The summed E-state index contributed by atoms with van der Waals surface area (Å²) in [5.41, 5.74) is 19.6. The minimum Gasteiger partial charge on any atom is -0.454 e. The van der Waals surface area contributed by atoms with Crippen molar-refractivity contribution in [1.82, 2.24) is 0 Å². The fourth-order valence-corrected chi connectivity index (χ4v) is 11.7. The summed E-state index contributed by atoms with van der Waals surface area (Å²) in [6.07, 6.45) is 0. The van der Waals surface area contributed by atoms with E-state index in [4.69, 9.17) is 8.83 Å². The maximum absolute atomic E-state index is 7.20. The van der Waals surface area contributed by atoms with Gasteiger partial charge in [0.15, 0.2) is 11.2 Å². The Morgan fingerprint density at radius 3 is 1.06 bits per heavy atom. The summed E-state index contributed by atoms with van der Waals surface area (Å²) in [4.78, 5) is 4.95. The summed E-state index contributed by atoms with van der Waals surface area (Å²) in [5, 5.41) is 11.8. The number of nitrogens with zero attached hydrogens (tertiary/aromatic N) is 2. The van der Waals surface area contributed by atoms with Crippen LogP contribution >= 0.6 is 0 Å². The van der Waals surface area contributed by atoms with Crippen LogP contribution in [0.5, 0.6) is 0 Å². The number of hydrogen-bond donors (Lipinski definition) is 0. The van der Waals surface area contributed by atoms with Crippen LogP contribution in [0.1, 0.15) is 86.1 Å². The fourth-order valence-electron chi connectivity index (χ4n) is 11.7. The van der Waals surface area contributed by atoms with E-state index in [0.717, 1.165) is 89.1 Å². The molecule has 346 valence electrons. The highest BCUT2D eigenvalue weighted by molar-refractivity contribution is 6.29. The van der Waals surface area contributed by atoms with Gasteiger partial charge >= 0.3 is 0 Å². The number of furan rings is 2. The van der Waals surface area contributed by atoms with Gasteiger partial charge in [-0.3, -0.25) is 0 Å². The molecule has 0 N–H and O–H groups in total. The predicted octanol–water partition coefficient (Wildman–Crippen LogP) is 19.8. The van der Waals surface area contributed by atoms with Gasteiger partial charge in [0.05, 0.1) is 22.7 Å². The summed E-state index contributed by atoms with van der Waals surface area (Å²) in [5.74, 6) is 0. The lowest BCUT2D eigenvalue weighted by Crippen LogP contribution is -2.13. The maximum atomic E-state index is 7.20. The first kappa shape index (κ1) is 43.7. The third kappa shape index (κ3) is 6.71. The Morgan fingerprint density at radius 1 is 0.343 bits per heavy atom. The molecule has 0 bridgehead atoms. The highest BCUT2D eigenvalue weighted by atomic mass is 16.3. The van der Waals surface area contributed by atoms with E-state index in [1.165, 1.54) is 65.7 Å². The molecule has 0 radical (unpaired) electrons. The average molecular weight is 913 g/mol. The normalized spacial score (nSPS) is 12.6. The minimum absolute atomic E-state index is 0.0956. The minimum atomic E-state index is -0.0956. The number of anilines is 6. The molecule has 0 amide bonds. The summed E-state index contributed by atoms with van der Waals surface area (Å²) >= 11 is 0. The smallest absolute Gasteiger partial charge is 0.159 e. The number of rotatable bonds is 6. The zero-order chi connectivity index (χ0) is 48.7. The van der Waals surface area contributed by atoms with E-state index in [1.807, 2.05) is 0 Å². The molecule has 2 aromatic heterocycles. The topological polar surface area (TPSA) is 32.8 Å².